The van der Waals surface area contributed by atoms with E-state index in [1.807, 2.05) is 55.5 Å². The van der Waals surface area contributed by atoms with Crippen LogP contribution in [0.15, 0.2) is 72.8 Å². The predicted molar refractivity (Wildman–Crippen MR) is 137 cm³/mol. The van der Waals surface area contributed by atoms with Gasteiger partial charge in [0.25, 0.3) is 0 Å². The van der Waals surface area contributed by atoms with Crippen molar-refractivity contribution >= 4 is 40.5 Å². The van der Waals surface area contributed by atoms with Crippen molar-refractivity contribution in [2.75, 3.05) is 27.8 Å². The fourth-order valence-corrected chi connectivity index (χ4v) is 3.26. The van der Waals surface area contributed by atoms with E-state index < -0.39 is 0 Å². The number of carbonyl (C=O) groups excluding carboxylic acids is 3. The van der Waals surface area contributed by atoms with Gasteiger partial charge in [0.1, 0.15) is 0 Å². The Morgan fingerprint density at radius 2 is 1.35 bits per heavy atom. The summed E-state index contributed by atoms with van der Waals surface area (Å²) < 4.78 is 0. The highest BCUT2D eigenvalue weighted by Gasteiger charge is 2.08. The van der Waals surface area contributed by atoms with Crippen LogP contribution < -0.4 is 21.3 Å². The Hall–Kier alpha value is -4.13. The second-order valence-corrected chi connectivity index (χ2v) is 7.94. The van der Waals surface area contributed by atoms with E-state index in [1.54, 1.807) is 31.2 Å². The molecule has 0 saturated heterocycles. The highest BCUT2D eigenvalue weighted by molar-refractivity contribution is 5.96. The first-order valence-corrected chi connectivity index (χ1v) is 11.3. The zero-order chi connectivity index (χ0) is 24.3. The molecular formula is C27H30N4O3. The molecule has 0 unspecified atom stereocenters. The van der Waals surface area contributed by atoms with Crippen LogP contribution in [0.1, 0.15) is 30.9 Å². The van der Waals surface area contributed by atoms with Crippen molar-refractivity contribution in [1.29, 1.82) is 0 Å². The number of hydrogen-bond acceptors (Lipinski definition) is 4. The third-order valence-electron chi connectivity index (χ3n) is 5.22. The molecule has 0 radical (unpaired) electrons. The largest absolute Gasteiger partial charge is 0.376 e. The second-order valence-electron chi connectivity index (χ2n) is 7.94. The van der Waals surface area contributed by atoms with Gasteiger partial charge in [-0.1, -0.05) is 43.3 Å². The Morgan fingerprint density at radius 1 is 0.706 bits per heavy atom. The van der Waals surface area contributed by atoms with E-state index in [2.05, 4.69) is 21.3 Å². The monoisotopic (exact) mass is 458 g/mol. The Morgan fingerprint density at radius 3 is 2.06 bits per heavy atom. The molecule has 0 aliphatic heterocycles. The number of nitrogens with one attached hydrogen (secondary N) is 4. The van der Waals surface area contributed by atoms with Crippen molar-refractivity contribution in [3.63, 3.8) is 0 Å². The fourth-order valence-electron chi connectivity index (χ4n) is 3.26. The average Bonchev–Trinajstić information content (AvgIpc) is 2.85. The number of benzene rings is 3. The van der Waals surface area contributed by atoms with Gasteiger partial charge in [-0.3, -0.25) is 14.4 Å². The lowest BCUT2D eigenvalue weighted by atomic mass is 10.1. The lowest BCUT2D eigenvalue weighted by Crippen LogP contribution is -2.22. The standard InChI is InChI=1S/C27H30N4O3/c1-3-25(32)31-24-17-23(11-9-19(24)2)30-27(34)18-28-21-12-14-22(15-13-21)29-26(33)16-10-20-7-5-4-6-8-20/h4-9,11-15,17,28H,3,10,16,18H2,1-2H3,(H,29,33)(H,30,34)(H,31,32). The maximum Gasteiger partial charge on any atom is 0.243 e. The van der Waals surface area contributed by atoms with Crippen LogP contribution in [-0.4, -0.2) is 24.3 Å². The van der Waals surface area contributed by atoms with Crippen LogP contribution in [0.5, 0.6) is 0 Å². The summed E-state index contributed by atoms with van der Waals surface area (Å²) in [7, 11) is 0. The number of aryl methyl sites for hydroxylation is 2. The van der Waals surface area contributed by atoms with Gasteiger partial charge in [-0.2, -0.15) is 0 Å². The first-order chi connectivity index (χ1) is 16.4. The Bertz CT molecular complexity index is 1130. The molecule has 0 bridgehead atoms. The van der Waals surface area contributed by atoms with Crippen molar-refractivity contribution < 1.29 is 14.4 Å². The lowest BCUT2D eigenvalue weighted by Gasteiger charge is -2.12. The molecule has 3 amide bonds. The smallest absolute Gasteiger partial charge is 0.243 e. The van der Waals surface area contributed by atoms with Gasteiger partial charge >= 0.3 is 0 Å². The Kier molecular flexibility index (Phi) is 8.80. The minimum Gasteiger partial charge on any atom is -0.376 e. The molecule has 0 spiro atoms. The molecule has 0 aromatic heterocycles. The minimum absolute atomic E-state index is 0.0449. The highest BCUT2D eigenvalue weighted by Crippen LogP contribution is 2.21. The number of rotatable bonds is 10. The molecule has 4 N–H and O–H groups in total. The number of carbonyl (C=O) groups is 3. The van der Waals surface area contributed by atoms with E-state index in [0.29, 0.717) is 36.3 Å². The molecular weight excluding hydrogens is 428 g/mol. The molecule has 7 nitrogen and oxygen atoms in total. The molecule has 3 aromatic rings. The molecule has 0 aliphatic carbocycles. The minimum atomic E-state index is -0.213. The maximum absolute atomic E-state index is 12.3. The number of anilines is 4. The molecule has 3 rings (SSSR count). The van der Waals surface area contributed by atoms with Crippen LogP contribution in [0.3, 0.4) is 0 Å². The summed E-state index contributed by atoms with van der Waals surface area (Å²) >= 11 is 0. The van der Waals surface area contributed by atoms with Gasteiger partial charge < -0.3 is 21.3 Å². The van der Waals surface area contributed by atoms with Gasteiger partial charge in [-0.15, -0.1) is 0 Å². The van der Waals surface area contributed by atoms with E-state index in [9.17, 15) is 14.4 Å². The van der Waals surface area contributed by atoms with Gasteiger partial charge in [0.05, 0.1) is 6.54 Å². The Balaban J connectivity index is 1.45. The summed E-state index contributed by atoms with van der Waals surface area (Å²) in [5.74, 6) is -0.337. The van der Waals surface area contributed by atoms with Crippen LogP contribution in [-0.2, 0) is 20.8 Å². The summed E-state index contributed by atoms with van der Waals surface area (Å²) in [6, 6.07) is 22.5. The summed E-state index contributed by atoms with van der Waals surface area (Å²) in [6.07, 6.45) is 1.48. The molecule has 3 aromatic carbocycles. The van der Waals surface area contributed by atoms with Gasteiger partial charge in [-0.25, -0.2) is 0 Å². The molecule has 0 aliphatic rings. The molecule has 0 fully saturated rings. The van der Waals surface area contributed by atoms with Crippen molar-refractivity contribution in [1.82, 2.24) is 0 Å². The molecule has 0 saturated carbocycles. The SMILES string of the molecule is CCC(=O)Nc1cc(NC(=O)CNc2ccc(NC(=O)CCc3ccccc3)cc2)ccc1C. The third kappa shape index (κ3) is 7.78. The zero-order valence-corrected chi connectivity index (χ0v) is 19.5. The topological polar surface area (TPSA) is 99.3 Å². The van der Waals surface area contributed by atoms with E-state index in [1.165, 1.54) is 0 Å². The zero-order valence-electron chi connectivity index (χ0n) is 19.5. The summed E-state index contributed by atoms with van der Waals surface area (Å²) in [6.45, 7) is 3.76. The van der Waals surface area contributed by atoms with Crippen LogP contribution in [0.4, 0.5) is 22.7 Å². The summed E-state index contributed by atoms with van der Waals surface area (Å²) in [5, 5.41) is 11.6. The van der Waals surface area contributed by atoms with E-state index >= 15 is 0 Å². The van der Waals surface area contributed by atoms with Crippen molar-refractivity contribution in [2.24, 2.45) is 0 Å². The van der Waals surface area contributed by atoms with Crippen LogP contribution in [0, 0.1) is 6.92 Å². The highest BCUT2D eigenvalue weighted by atomic mass is 16.2. The molecule has 7 heteroatoms. The predicted octanol–water partition coefficient (Wildman–Crippen LogP) is 4.97. The normalized spacial score (nSPS) is 10.3. The van der Waals surface area contributed by atoms with E-state index in [-0.39, 0.29) is 24.3 Å². The van der Waals surface area contributed by atoms with Crippen LogP contribution in [0.2, 0.25) is 0 Å². The van der Waals surface area contributed by atoms with E-state index in [4.69, 9.17) is 0 Å². The average molecular weight is 459 g/mol. The van der Waals surface area contributed by atoms with E-state index in [0.717, 1.165) is 16.8 Å². The van der Waals surface area contributed by atoms with Gasteiger partial charge in [0, 0.05) is 35.6 Å². The molecule has 0 atom stereocenters. The first-order valence-electron chi connectivity index (χ1n) is 11.3. The van der Waals surface area contributed by atoms with Gasteiger partial charge in [0.15, 0.2) is 0 Å². The van der Waals surface area contributed by atoms with Crippen LogP contribution in [0.25, 0.3) is 0 Å². The molecule has 176 valence electrons. The van der Waals surface area contributed by atoms with Gasteiger partial charge in [-0.05, 0) is 60.9 Å². The van der Waals surface area contributed by atoms with Crippen molar-refractivity contribution in [3.05, 3.63) is 83.9 Å². The Labute approximate surface area is 200 Å². The molecule has 0 heterocycles. The van der Waals surface area contributed by atoms with Gasteiger partial charge in [0.2, 0.25) is 17.7 Å². The summed E-state index contributed by atoms with van der Waals surface area (Å²) in [4.78, 5) is 36.2. The number of amides is 3. The third-order valence-corrected chi connectivity index (χ3v) is 5.22. The lowest BCUT2D eigenvalue weighted by molar-refractivity contribution is -0.116. The first kappa shape index (κ1) is 24.5. The second kappa shape index (κ2) is 12.2. The van der Waals surface area contributed by atoms with Crippen LogP contribution >= 0.6 is 0 Å². The van der Waals surface area contributed by atoms with Crippen molar-refractivity contribution in [2.45, 2.75) is 33.1 Å². The fraction of sp³-hybridized carbons (Fsp3) is 0.222. The summed E-state index contributed by atoms with van der Waals surface area (Å²) in [5.41, 5.74) is 4.80. The maximum atomic E-state index is 12.3. The van der Waals surface area contributed by atoms with Crippen molar-refractivity contribution in [3.8, 4) is 0 Å². The number of hydrogen-bond donors (Lipinski definition) is 4. The quantitative estimate of drug-likeness (QED) is 0.345. The molecule has 34 heavy (non-hydrogen) atoms.